The zero-order chi connectivity index (χ0) is 27.7. The zero-order valence-electron chi connectivity index (χ0n) is 26.2. The number of alkyl carbamates (subject to hydrolysis) is 1. The largest absolute Gasteiger partial charge is 0.446 e. The topological polar surface area (TPSA) is 41.6 Å². The van der Waals surface area contributed by atoms with E-state index in [-0.39, 0.29) is 12.2 Å². The van der Waals surface area contributed by atoms with Gasteiger partial charge in [-0.2, -0.15) is 0 Å². The van der Waals surface area contributed by atoms with E-state index in [4.69, 9.17) is 4.74 Å². The average molecular weight is 529 g/mol. The monoisotopic (exact) mass is 528 g/mol. The molecule has 0 bridgehead atoms. The average Bonchev–Trinajstić information content (AvgIpc) is 3.21. The van der Waals surface area contributed by atoms with E-state index in [1.54, 1.807) is 5.57 Å². The highest BCUT2D eigenvalue weighted by Crippen LogP contribution is 2.67. The molecule has 4 aliphatic carbocycles. The van der Waals surface area contributed by atoms with Gasteiger partial charge in [-0.25, -0.2) is 4.79 Å². The van der Waals surface area contributed by atoms with Crippen LogP contribution in [0.2, 0.25) is 0 Å². The van der Waals surface area contributed by atoms with E-state index in [0.717, 1.165) is 60.8 Å². The summed E-state index contributed by atoms with van der Waals surface area (Å²) in [7, 11) is 4.04. The smallest absolute Gasteiger partial charge is 0.407 e. The summed E-state index contributed by atoms with van der Waals surface area (Å²) in [5, 5.41) is 2.93. The highest BCUT2D eigenvalue weighted by atomic mass is 16.6. The number of hydrogen-bond donors (Lipinski definition) is 1. The van der Waals surface area contributed by atoms with Crippen molar-refractivity contribution in [2.75, 3.05) is 27.2 Å². The maximum atomic E-state index is 12.4. The second-order valence-electron chi connectivity index (χ2n) is 15.0. The Balaban J connectivity index is 1.37. The third-order valence-corrected chi connectivity index (χ3v) is 12.4. The molecule has 4 heteroatoms. The second-order valence-corrected chi connectivity index (χ2v) is 15.0. The summed E-state index contributed by atoms with van der Waals surface area (Å²) in [4.78, 5) is 14.4. The van der Waals surface area contributed by atoms with Crippen LogP contribution in [0.25, 0.3) is 0 Å². The Labute approximate surface area is 235 Å². The first-order valence-electron chi connectivity index (χ1n) is 16.3. The molecule has 218 valence electrons. The molecule has 0 heterocycles. The molecule has 0 aliphatic heterocycles. The molecule has 4 nitrogen and oxygen atoms in total. The zero-order valence-corrected chi connectivity index (χ0v) is 26.2. The maximum Gasteiger partial charge on any atom is 0.407 e. The minimum Gasteiger partial charge on any atom is -0.446 e. The van der Waals surface area contributed by atoms with Gasteiger partial charge in [0.15, 0.2) is 0 Å². The van der Waals surface area contributed by atoms with Crippen LogP contribution >= 0.6 is 0 Å². The van der Waals surface area contributed by atoms with Gasteiger partial charge < -0.3 is 15.0 Å². The Kier molecular flexibility index (Phi) is 9.64. The number of rotatable bonds is 10. The van der Waals surface area contributed by atoms with Crippen molar-refractivity contribution in [1.82, 2.24) is 10.2 Å². The minimum absolute atomic E-state index is 0.0357. The van der Waals surface area contributed by atoms with Crippen LogP contribution < -0.4 is 5.32 Å². The highest BCUT2D eigenvalue weighted by Gasteiger charge is 2.59. The van der Waals surface area contributed by atoms with E-state index in [2.05, 4.69) is 57.8 Å². The minimum atomic E-state index is -0.243. The second kappa shape index (κ2) is 12.2. The third-order valence-electron chi connectivity index (χ3n) is 12.4. The van der Waals surface area contributed by atoms with E-state index in [1.807, 2.05) is 14.1 Å². The molecule has 0 spiro atoms. The summed E-state index contributed by atoms with van der Waals surface area (Å²) in [6, 6.07) is 0. The van der Waals surface area contributed by atoms with E-state index in [0.29, 0.717) is 17.4 Å². The molecule has 3 fully saturated rings. The highest BCUT2D eigenvalue weighted by molar-refractivity contribution is 5.67. The first kappa shape index (κ1) is 29.9. The van der Waals surface area contributed by atoms with Crippen LogP contribution in [0.3, 0.4) is 0 Å². The molecule has 9 atom stereocenters. The standard InChI is InChI=1S/C34H60N2O2/c1-9-25(23(2)3)11-10-24(4)29-14-15-30-28-13-12-26-22-27(38-32(37)35-20-21-36(7)8)16-18-33(26,5)31(28)17-19-34(29,30)6/h12,23-25,27-31H,9-11,13-22H2,1-8H3,(H,35,37)/t24-,25-,27+,28+,29-,30?,31?,33+,34-/m1/s1. The van der Waals surface area contributed by atoms with Crippen LogP contribution in [-0.2, 0) is 4.74 Å². The number of hydrogen-bond acceptors (Lipinski definition) is 3. The van der Waals surface area contributed by atoms with Crippen LogP contribution in [0.15, 0.2) is 11.6 Å². The molecule has 38 heavy (non-hydrogen) atoms. The molecule has 4 aliphatic rings. The molecule has 0 radical (unpaired) electrons. The van der Waals surface area contributed by atoms with Crippen molar-refractivity contribution in [3.8, 4) is 0 Å². The summed E-state index contributed by atoms with van der Waals surface area (Å²) in [6.45, 7) is 16.5. The van der Waals surface area contributed by atoms with Gasteiger partial charge in [-0.15, -0.1) is 0 Å². The Hall–Kier alpha value is -1.03. The predicted octanol–water partition coefficient (Wildman–Crippen LogP) is 8.32. The molecule has 1 amide bonds. The van der Waals surface area contributed by atoms with Crippen LogP contribution in [0.5, 0.6) is 0 Å². The Morgan fingerprint density at radius 1 is 1.08 bits per heavy atom. The van der Waals surface area contributed by atoms with Crippen LogP contribution in [0, 0.1) is 52.3 Å². The summed E-state index contributed by atoms with van der Waals surface area (Å²) in [5.74, 6) is 6.04. The number of likely N-dealkylation sites (N-methyl/N-ethyl adjacent to an activating group) is 1. The van der Waals surface area contributed by atoms with Crippen molar-refractivity contribution in [3.05, 3.63) is 11.6 Å². The molecule has 2 unspecified atom stereocenters. The number of ether oxygens (including phenoxy) is 1. The number of fused-ring (bicyclic) bond motifs is 5. The van der Waals surface area contributed by atoms with Crippen LogP contribution in [-0.4, -0.2) is 44.3 Å². The quantitative estimate of drug-likeness (QED) is 0.290. The lowest BCUT2D eigenvalue weighted by molar-refractivity contribution is -0.0583. The van der Waals surface area contributed by atoms with Crippen LogP contribution in [0.4, 0.5) is 4.79 Å². The molecule has 0 aromatic carbocycles. The van der Waals surface area contributed by atoms with Crippen molar-refractivity contribution in [3.63, 3.8) is 0 Å². The van der Waals surface area contributed by atoms with Gasteiger partial charge in [-0.1, -0.05) is 66.0 Å². The number of amides is 1. The van der Waals surface area contributed by atoms with Gasteiger partial charge in [-0.3, -0.25) is 0 Å². The van der Waals surface area contributed by atoms with E-state index in [9.17, 15) is 4.79 Å². The molecule has 4 rings (SSSR count). The van der Waals surface area contributed by atoms with Crippen molar-refractivity contribution in [2.45, 2.75) is 118 Å². The first-order chi connectivity index (χ1) is 18.0. The Morgan fingerprint density at radius 2 is 1.84 bits per heavy atom. The van der Waals surface area contributed by atoms with Gasteiger partial charge in [0.2, 0.25) is 0 Å². The van der Waals surface area contributed by atoms with Gasteiger partial charge in [0.1, 0.15) is 6.10 Å². The third kappa shape index (κ3) is 6.01. The van der Waals surface area contributed by atoms with Crippen molar-refractivity contribution >= 4 is 6.09 Å². The fraction of sp³-hybridized carbons (Fsp3) is 0.912. The number of nitrogens with one attached hydrogen (secondary N) is 1. The number of allylic oxidation sites excluding steroid dienone is 1. The van der Waals surface area contributed by atoms with Crippen molar-refractivity contribution < 1.29 is 9.53 Å². The van der Waals surface area contributed by atoms with E-state index in [1.165, 1.54) is 57.8 Å². The molecule has 0 aromatic heterocycles. The first-order valence-corrected chi connectivity index (χ1v) is 16.3. The van der Waals surface area contributed by atoms with E-state index < -0.39 is 0 Å². The predicted molar refractivity (Wildman–Crippen MR) is 159 cm³/mol. The SMILES string of the molecule is CC[C@H](CC[C@@H](C)[C@H]1CCC2[C@@H]3CC=C4C[C@@H](OC(=O)NCCN(C)C)CC[C@]4(C)C3CC[C@@]21C)C(C)C. The van der Waals surface area contributed by atoms with Gasteiger partial charge in [0.25, 0.3) is 0 Å². The van der Waals surface area contributed by atoms with Crippen molar-refractivity contribution in [2.24, 2.45) is 52.3 Å². The van der Waals surface area contributed by atoms with Gasteiger partial charge >= 0.3 is 6.09 Å². The fourth-order valence-electron chi connectivity index (χ4n) is 9.97. The van der Waals surface area contributed by atoms with E-state index >= 15 is 0 Å². The Bertz CT molecular complexity index is 836. The summed E-state index contributed by atoms with van der Waals surface area (Å²) in [5.41, 5.74) is 2.44. The summed E-state index contributed by atoms with van der Waals surface area (Å²) >= 11 is 0. The number of carbonyl (C=O) groups is 1. The maximum absolute atomic E-state index is 12.4. The molecular formula is C34H60N2O2. The lowest BCUT2D eigenvalue weighted by Crippen LogP contribution is -2.51. The van der Waals surface area contributed by atoms with Gasteiger partial charge in [0.05, 0.1) is 0 Å². The lowest BCUT2D eigenvalue weighted by Gasteiger charge is -2.58. The molecule has 3 saturated carbocycles. The molecule has 0 saturated heterocycles. The molecule has 0 aromatic rings. The van der Waals surface area contributed by atoms with Gasteiger partial charge in [-0.05, 0) is 118 Å². The Morgan fingerprint density at radius 3 is 2.53 bits per heavy atom. The number of nitrogens with zero attached hydrogens (tertiary/aromatic N) is 1. The normalized spacial score (nSPS) is 38.2. The molecular weight excluding hydrogens is 468 g/mol. The lowest BCUT2D eigenvalue weighted by atomic mass is 9.47. The fourth-order valence-corrected chi connectivity index (χ4v) is 9.97. The van der Waals surface area contributed by atoms with Gasteiger partial charge in [0, 0.05) is 19.5 Å². The summed E-state index contributed by atoms with van der Waals surface area (Å²) in [6.07, 6.45) is 16.7. The summed E-state index contributed by atoms with van der Waals surface area (Å²) < 4.78 is 5.88. The number of carbonyl (C=O) groups excluding carboxylic acids is 1. The molecule has 1 N–H and O–H groups in total. The van der Waals surface area contributed by atoms with Crippen LogP contribution in [0.1, 0.15) is 112 Å². The van der Waals surface area contributed by atoms with Crippen molar-refractivity contribution in [1.29, 1.82) is 0 Å².